The number of piperidine rings is 1. The van der Waals surface area contributed by atoms with E-state index < -0.39 is 0 Å². The maximum absolute atomic E-state index is 8.47. The Labute approximate surface area is 100 Å². The summed E-state index contributed by atoms with van der Waals surface area (Å²) in [6.07, 6.45) is 5.54. The number of nitrogens with zero attached hydrogens (tertiary/aromatic N) is 3. The maximum atomic E-state index is 8.47. The summed E-state index contributed by atoms with van der Waals surface area (Å²) in [6, 6.07) is 2.98. The first-order chi connectivity index (χ1) is 7.77. The van der Waals surface area contributed by atoms with Crippen LogP contribution in [-0.4, -0.2) is 49.1 Å². The van der Waals surface area contributed by atoms with Crippen LogP contribution < -0.4 is 0 Å². The molecule has 0 spiro atoms. The second-order valence-electron chi connectivity index (χ2n) is 4.76. The van der Waals surface area contributed by atoms with Crippen molar-refractivity contribution in [2.24, 2.45) is 0 Å². The average molecular weight is 223 g/mol. The molecule has 0 amide bonds. The molecule has 1 rings (SSSR count). The molecule has 0 unspecified atom stereocenters. The molecule has 0 atom stereocenters. The van der Waals surface area contributed by atoms with Crippen molar-refractivity contribution in [3.8, 4) is 6.07 Å². The van der Waals surface area contributed by atoms with Crippen LogP contribution in [0, 0.1) is 11.3 Å². The van der Waals surface area contributed by atoms with E-state index in [1.54, 1.807) is 0 Å². The number of unbranched alkanes of at least 4 members (excludes halogenated alkanes) is 2. The third-order valence-electron chi connectivity index (χ3n) is 3.68. The van der Waals surface area contributed by atoms with E-state index in [4.69, 9.17) is 5.26 Å². The molecule has 0 aromatic heterocycles. The molecule has 3 nitrogen and oxygen atoms in total. The van der Waals surface area contributed by atoms with E-state index in [-0.39, 0.29) is 0 Å². The summed E-state index contributed by atoms with van der Waals surface area (Å²) in [5, 5.41) is 8.47. The summed E-state index contributed by atoms with van der Waals surface area (Å²) in [5.41, 5.74) is 0. The Morgan fingerprint density at radius 2 is 2.00 bits per heavy atom. The molecule has 16 heavy (non-hydrogen) atoms. The van der Waals surface area contributed by atoms with Crippen LogP contribution in [-0.2, 0) is 0 Å². The minimum absolute atomic E-state index is 0.710. The maximum Gasteiger partial charge on any atom is 0.0621 e. The lowest BCUT2D eigenvalue weighted by atomic mass is 10.0. The van der Waals surface area contributed by atoms with Crippen molar-refractivity contribution in [2.45, 2.75) is 45.1 Å². The van der Waals surface area contributed by atoms with Crippen LogP contribution in [0.2, 0.25) is 0 Å². The van der Waals surface area contributed by atoms with Crippen LogP contribution in [0.25, 0.3) is 0 Å². The molecule has 92 valence electrons. The summed E-state index contributed by atoms with van der Waals surface area (Å²) in [6.45, 7) is 7.09. The van der Waals surface area contributed by atoms with Crippen molar-refractivity contribution in [1.29, 1.82) is 5.26 Å². The van der Waals surface area contributed by atoms with Crippen molar-refractivity contribution in [2.75, 3.05) is 33.2 Å². The molecular formula is C13H25N3. The van der Waals surface area contributed by atoms with E-state index in [0.29, 0.717) is 6.42 Å². The van der Waals surface area contributed by atoms with Gasteiger partial charge in [0.25, 0.3) is 0 Å². The standard InChI is InChI=1S/C13H25N3/c1-3-16-11-7-13(8-12-16)15(2)10-6-4-5-9-14/h13H,3-8,10-12H2,1-2H3. The number of likely N-dealkylation sites (tertiary alicyclic amines) is 1. The van der Waals surface area contributed by atoms with Gasteiger partial charge < -0.3 is 9.80 Å². The second-order valence-corrected chi connectivity index (χ2v) is 4.76. The molecular weight excluding hydrogens is 198 g/mol. The zero-order valence-electron chi connectivity index (χ0n) is 10.8. The molecule has 0 aliphatic carbocycles. The second kappa shape index (κ2) is 7.65. The van der Waals surface area contributed by atoms with E-state index in [2.05, 4.69) is 29.8 Å². The molecule has 1 saturated heterocycles. The van der Waals surface area contributed by atoms with Gasteiger partial charge in [0.15, 0.2) is 0 Å². The largest absolute Gasteiger partial charge is 0.303 e. The molecule has 0 aromatic rings. The van der Waals surface area contributed by atoms with Crippen LogP contribution in [0.15, 0.2) is 0 Å². The Kier molecular flexibility index (Phi) is 6.44. The fourth-order valence-corrected chi connectivity index (χ4v) is 2.42. The molecule has 1 aliphatic rings. The zero-order chi connectivity index (χ0) is 11.8. The number of nitriles is 1. The number of rotatable bonds is 6. The van der Waals surface area contributed by atoms with Gasteiger partial charge in [0.05, 0.1) is 6.07 Å². The summed E-state index contributed by atoms with van der Waals surface area (Å²) in [4.78, 5) is 5.02. The monoisotopic (exact) mass is 223 g/mol. The zero-order valence-corrected chi connectivity index (χ0v) is 10.8. The van der Waals surface area contributed by atoms with Crippen LogP contribution in [0.5, 0.6) is 0 Å². The summed E-state index contributed by atoms with van der Waals surface area (Å²) in [5.74, 6) is 0. The van der Waals surface area contributed by atoms with E-state index in [9.17, 15) is 0 Å². The van der Waals surface area contributed by atoms with Crippen LogP contribution in [0.1, 0.15) is 39.0 Å². The topological polar surface area (TPSA) is 30.3 Å². The molecule has 0 bridgehead atoms. The van der Waals surface area contributed by atoms with Gasteiger partial charge in [0.2, 0.25) is 0 Å². The predicted molar refractivity (Wildman–Crippen MR) is 67.2 cm³/mol. The highest BCUT2D eigenvalue weighted by Crippen LogP contribution is 2.15. The Balaban J connectivity index is 2.13. The smallest absolute Gasteiger partial charge is 0.0621 e. The molecule has 0 radical (unpaired) electrons. The SMILES string of the molecule is CCN1CCC(N(C)CCCCC#N)CC1. The third-order valence-corrected chi connectivity index (χ3v) is 3.68. The molecule has 1 aliphatic heterocycles. The first kappa shape index (κ1) is 13.5. The van der Waals surface area contributed by atoms with Gasteiger partial charge in [-0.05, 0) is 58.9 Å². The molecule has 0 N–H and O–H groups in total. The first-order valence-corrected chi connectivity index (χ1v) is 6.57. The Morgan fingerprint density at radius 3 is 2.56 bits per heavy atom. The quantitative estimate of drug-likeness (QED) is 0.646. The van der Waals surface area contributed by atoms with Gasteiger partial charge in [0, 0.05) is 12.5 Å². The average Bonchev–Trinajstić information content (AvgIpc) is 2.34. The van der Waals surface area contributed by atoms with Crippen molar-refractivity contribution >= 4 is 0 Å². The third kappa shape index (κ3) is 4.51. The van der Waals surface area contributed by atoms with Gasteiger partial charge in [-0.25, -0.2) is 0 Å². The van der Waals surface area contributed by atoms with Gasteiger partial charge in [-0.2, -0.15) is 5.26 Å². The minimum Gasteiger partial charge on any atom is -0.303 e. The molecule has 1 heterocycles. The lowest BCUT2D eigenvalue weighted by molar-refractivity contribution is 0.130. The van der Waals surface area contributed by atoms with Gasteiger partial charge >= 0.3 is 0 Å². The van der Waals surface area contributed by atoms with E-state index in [1.165, 1.54) is 32.5 Å². The van der Waals surface area contributed by atoms with E-state index in [1.807, 2.05) is 0 Å². The predicted octanol–water partition coefficient (Wildman–Crippen LogP) is 2.10. The van der Waals surface area contributed by atoms with Gasteiger partial charge in [0.1, 0.15) is 0 Å². The van der Waals surface area contributed by atoms with Crippen LogP contribution >= 0.6 is 0 Å². The van der Waals surface area contributed by atoms with Gasteiger partial charge in [-0.15, -0.1) is 0 Å². The highest BCUT2D eigenvalue weighted by molar-refractivity contribution is 4.78. The lowest BCUT2D eigenvalue weighted by Crippen LogP contribution is -2.43. The summed E-state index contributed by atoms with van der Waals surface area (Å²) >= 11 is 0. The van der Waals surface area contributed by atoms with E-state index in [0.717, 1.165) is 25.4 Å². The normalized spacial score (nSPS) is 18.9. The first-order valence-electron chi connectivity index (χ1n) is 6.57. The van der Waals surface area contributed by atoms with Crippen molar-refractivity contribution in [3.05, 3.63) is 0 Å². The fourth-order valence-electron chi connectivity index (χ4n) is 2.42. The van der Waals surface area contributed by atoms with Crippen molar-refractivity contribution < 1.29 is 0 Å². The number of hydrogen-bond acceptors (Lipinski definition) is 3. The summed E-state index contributed by atoms with van der Waals surface area (Å²) in [7, 11) is 2.23. The van der Waals surface area contributed by atoms with E-state index >= 15 is 0 Å². The van der Waals surface area contributed by atoms with Gasteiger partial charge in [-0.1, -0.05) is 6.92 Å². The highest BCUT2D eigenvalue weighted by Gasteiger charge is 2.20. The summed E-state index contributed by atoms with van der Waals surface area (Å²) < 4.78 is 0. The van der Waals surface area contributed by atoms with Crippen LogP contribution in [0.3, 0.4) is 0 Å². The van der Waals surface area contributed by atoms with Crippen LogP contribution in [0.4, 0.5) is 0 Å². The molecule has 1 fully saturated rings. The van der Waals surface area contributed by atoms with Gasteiger partial charge in [-0.3, -0.25) is 0 Å². The minimum atomic E-state index is 0.710. The Morgan fingerprint density at radius 1 is 1.31 bits per heavy atom. The highest BCUT2D eigenvalue weighted by atomic mass is 15.2. The Bertz CT molecular complexity index is 214. The fraction of sp³-hybridized carbons (Fsp3) is 0.923. The Hall–Kier alpha value is -0.590. The van der Waals surface area contributed by atoms with Crippen molar-refractivity contribution in [3.63, 3.8) is 0 Å². The van der Waals surface area contributed by atoms with Crippen molar-refractivity contribution in [1.82, 2.24) is 9.80 Å². The molecule has 0 saturated carbocycles. The lowest BCUT2D eigenvalue weighted by Gasteiger charge is -2.36. The number of hydrogen-bond donors (Lipinski definition) is 0. The molecule has 0 aromatic carbocycles. The molecule has 3 heteroatoms.